The summed E-state index contributed by atoms with van der Waals surface area (Å²) < 4.78 is 25.2. The van der Waals surface area contributed by atoms with E-state index in [9.17, 15) is 8.78 Å². The van der Waals surface area contributed by atoms with Gasteiger partial charge in [0.2, 0.25) is 0 Å². The number of aromatic nitrogens is 2. The monoisotopic (exact) mass is 191 g/mol. The van der Waals surface area contributed by atoms with Crippen LogP contribution in [0.25, 0.3) is 0 Å². The van der Waals surface area contributed by atoms with Crippen molar-refractivity contribution in [3.05, 3.63) is 18.2 Å². The molecule has 0 unspecified atom stereocenters. The molecule has 0 aliphatic heterocycles. The number of rotatable bonds is 5. The zero-order valence-corrected chi connectivity index (χ0v) is 6.95. The van der Waals surface area contributed by atoms with Crippen molar-refractivity contribution in [2.45, 2.75) is 13.1 Å². The molecule has 0 aromatic carbocycles. The zero-order chi connectivity index (χ0) is 9.68. The van der Waals surface area contributed by atoms with Crippen LogP contribution in [0.1, 0.15) is 12.4 Å². The molecule has 1 rings (SSSR count). The standard InChI is InChI=1S/C7H11F2N3O/c8-7(9)12-3-1-11-6(12)5-10-2-4-13/h1,3,7,10,13H,2,4-5H2. The van der Waals surface area contributed by atoms with E-state index in [1.807, 2.05) is 0 Å². The van der Waals surface area contributed by atoms with Gasteiger partial charge in [0.15, 0.2) is 0 Å². The highest BCUT2D eigenvalue weighted by Gasteiger charge is 2.09. The lowest BCUT2D eigenvalue weighted by molar-refractivity contribution is 0.0666. The van der Waals surface area contributed by atoms with Crippen LogP contribution in [0.3, 0.4) is 0 Å². The van der Waals surface area contributed by atoms with Crippen molar-refractivity contribution in [3.63, 3.8) is 0 Å². The number of halogens is 2. The maximum absolute atomic E-state index is 12.2. The van der Waals surface area contributed by atoms with Crippen molar-refractivity contribution < 1.29 is 13.9 Å². The SMILES string of the molecule is OCCNCc1nccn1C(F)F. The van der Waals surface area contributed by atoms with Crippen LogP contribution >= 0.6 is 0 Å². The third-order valence-electron chi connectivity index (χ3n) is 1.53. The largest absolute Gasteiger partial charge is 0.395 e. The summed E-state index contributed by atoms with van der Waals surface area (Å²) in [6.45, 7) is -1.97. The van der Waals surface area contributed by atoms with Gasteiger partial charge >= 0.3 is 6.55 Å². The Labute approximate surface area is 74.2 Å². The Bertz CT molecular complexity index is 252. The molecule has 1 aromatic heterocycles. The molecule has 0 spiro atoms. The van der Waals surface area contributed by atoms with E-state index < -0.39 is 6.55 Å². The first kappa shape index (κ1) is 10.1. The van der Waals surface area contributed by atoms with E-state index in [0.29, 0.717) is 6.54 Å². The highest BCUT2D eigenvalue weighted by atomic mass is 19.3. The fraction of sp³-hybridized carbons (Fsp3) is 0.571. The lowest BCUT2D eigenvalue weighted by Gasteiger charge is -2.06. The van der Waals surface area contributed by atoms with Gasteiger partial charge in [0.05, 0.1) is 13.2 Å². The third kappa shape index (κ3) is 2.74. The number of nitrogens with one attached hydrogen (secondary N) is 1. The van der Waals surface area contributed by atoms with Gasteiger partial charge in [-0.1, -0.05) is 0 Å². The molecule has 4 nitrogen and oxygen atoms in total. The van der Waals surface area contributed by atoms with E-state index in [2.05, 4.69) is 10.3 Å². The minimum absolute atomic E-state index is 0.0185. The van der Waals surface area contributed by atoms with Crippen LogP contribution in [0.5, 0.6) is 0 Å². The number of alkyl halides is 2. The quantitative estimate of drug-likeness (QED) is 0.661. The Morgan fingerprint density at radius 3 is 3.00 bits per heavy atom. The Kier molecular flexibility index (Phi) is 3.78. The van der Waals surface area contributed by atoms with E-state index in [1.54, 1.807) is 0 Å². The molecule has 0 aliphatic carbocycles. The van der Waals surface area contributed by atoms with Crippen molar-refractivity contribution in [2.24, 2.45) is 0 Å². The summed E-state index contributed by atoms with van der Waals surface area (Å²) >= 11 is 0. The normalized spacial score (nSPS) is 11.1. The Morgan fingerprint density at radius 1 is 1.62 bits per heavy atom. The molecule has 0 radical (unpaired) electrons. The van der Waals surface area contributed by atoms with Crippen LogP contribution < -0.4 is 5.32 Å². The van der Waals surface area contributed by atoms with Crippen molar-refractivity contribution in [1.29, 1.82) is 0 Å². The fourth-order valence-electron chi connectivity index (χ4n) is 0.938. The maximum atomic E-state index is 12.2. The van der Waals surface area contributed by atoms with Gasteiger partial charge in [-0.2, -0.15) is 8.78 Å². The van der Waals surface area contributed by atoms with Gasteiger partial charge in [-0.3, -0.25) is 4.57 Å². The summed E-state index contributed by atoms with van der Waals surface area (Å²) in [6, 6.07) is 0. The highest BCUT2D eigenvalue weighted by molar-refractivity contribution is 4.92. The van der Waals surface area contributed by atoms with Crippen LogP contribution in [-0.4, -0.2) is 27.8 Å². The van der Waals surface area contributed by atoms with Crippen LogP contribution in [0.15, 0.2) is 12.4 Å². The van der Waals surface area contributed by atoms with Gasteiger partial charge in [0.1, 0.15) is 5.82 Å². The van der Waals surface area contributed by atoms with Gasteiger partial charge in [-0.05, 0) is 0 Å². The Hall–Kier alpha value is -1.01. The summed E-state index contributed by atoms with van der Waals surface area (Å²) in [6.07, 6.45) is 2.54. The van der Waals surface area contributed by atoms with Crippen molar-refractivity contribution in [3.8, 4) is 0 Å². The predicted molar refractivity (Wildman–Crippen MR) is 42.3 cm³/mol. The molecule has 0 aliphatic rings. The number of imidazole rings is 1. The second-order valence-corrected chi connectivity index (χ2v) is 2.43. The molecule has 1 aromatic rings. The van der Waals surface area contributed by atoms with E-state index in [4.69, 9.17) is 5.11 Å². The molecule has 2 N–H and O–H groups in total. The van der Waals surface area contributed by atoms with E-state index in [1.165, 1.54) is 12.4 Å². The van der Waals surface area contributed by atoms with Crippen LogP contribution in [0, 0.1) is 0 Å². The van der Waals surface area contributed by atoms with Gasteiger partial charge in [0, 0.05) is 18.9 Å². The minimum Gasteiger partial charge on any atom is -0.395 e. The maximum Gasteiger partial charge on any atom is 0.319 e. The Morgan fingerprint density at radius 2 is 2.38 bits per heavy atom. The molecule has 0 amide bonds. The van der Waals surface area contributed by atoms with Gasteiger partial charge < -0.3 is 10.4 Å². The van der Waals surface area contributed by atoms with Crippen molar-refractivity contribution >= 4 is 0 Å². The zero-order valence-electron chi connectivity index (χ0n) is 6.95. The second-order valence-electron chi connectivity index (χ2n) is 2.43. The molecule has 6 heteroatoms. The molecule has 0 saturated heterocycles. The molecular formula is C7H11F2N3O. The average molecular weight is 191 g/mol. The molecule has 13 heavy (non-hydrogen) atoms. The van der Waals surface area contributed by atoms with E-state index in [0.717, 1.165) is 4.57 Å². The lowest BCUT2D eigenvalue weighted by atomic mass is 10.5. The highest BCUT2D eigenvalue weighted by Crippen LogP contribution is 2.11. The molecule has 74 valence electrons. The van der Waals surface area contributed by atoms with Crippen molar-refractivity contribution in [1.82, 2.24) is 14.9 Å². The number of aliphatic hydroxyl groups is 1. The summed E-state index contributed by atoms with van der Waals surface area (Å²) in [5.41, 5.74) is 0. The van der Waals surface area contributed by atoms with Crippen LogP contribution in [0.2, 0.25) is 0 Å². The fourth-order valence-corrected chi connectivity index (χ4v) is 0.938. The third-order valence-corrected chi connectivity index (χ3v) is 1.53. The molecular weight excluding hydrogens is 180 g/mol. The van der Waals surface area contributed by atoms with E-state index in [-0.39, 0.29) is 19.0 Å². The summed E-state index contributed by atoms with van der Waals surface area (Å²) in [5, 5.41) is 11.2. The molecule has 0 fully saturated rings. The summed E-state index contributed by atoms with van der Waals surface area (Å²) in [5.74, 6) is 0.267. The molecule has 1 heterocycles. The van der Waals surface area contributed by atoms with Gasteiger partial charge in [-0.15, -0.1) is 0 Å². The number of aliphatic hydroxyl groups excluding tert-OH is 1. The smallest absolute Gasteiger partial charge is 0.319 e. The average Bonchev–Trinajstić information content (AvgIpc) is 2.53. The van der Waals surface area contributed by atoms with Crippen molar-refractivity contribution in [2.75, 3.05) is 13.2 Å². The van der Waals surface area contributed by atoms with Gasteiger partial charge in [0.25, 0.3) is 0 Å². The Balaban J connectivity index is 2.50. The van der Waals surface area contributed by atoms with Crippen LogP contribution in [-0.2, 0) is 6.54 Å². The molecule has 0 atom stereocenters. The molecule has 0 saturated carbocycles. The first-order valence-corrected chi connectivity index (χ1v) is 3.87. The van der Waals surface area contributed by atoms with Crippen LogP contribution in [0.4, 0.5) is 8.78 Å². The summed E-state index contributed by atoms with van der Waals surface area (Å²) in [7, 11) is 0. The van der Waals surface area contributed by atoms with E-state index >= 15 is 0 Å². The number of nitrogens with zero attached hydrogens (tertiary/aromatic N) is 2. The lowest BCUT2D eigenvalue weighted by Crippen LogP contribution is -2.20. The number of hydrogen-bond donors (Lipinski definition) is 2. The topological polar surface area (TPSA) is 50.1 Å². The van der Waals surface area contributed by atoms with Gasteiger partial charge in [-0.25, -0.2) is 4.98 Å². The molecule has 0 bridgehead atoms. The predicted octanol–water partition coefficient (Wildman–Crippen LogP) is 0.360. The first-order valence-electron chi connectivity index (χ1n) is 3.87. The number of hydrogen-bond acceptors (Lipinski definition) is 3. The second kappa shape index (κ2) is 4.88. The minimum atomic E-state index is -2.56. The first-order chi connectivity index (χ1) is 6.25. The summed E-state index contributed by atoms with van der Waals surface area (Å²) in [4.78, 5) is 3.75.